The molecular formula is C16H27NO3. The van der Waals surface area contributed by atoms with Gasteiger partial charge >= 0.3 is 0 Å². The van der Waals surface area contributed by atoms with Crippen LogP contribution in [-0.2, 0) is 11.2 Å². The highest BCUT2D eigenvalue weighted by Gasteiger charge is 2.08. The molecule has 0 fully saturated rings. The van der Waals surface area contributed by atoms with Gasteiger partial charge in [-0.25, -0.2) is 0 Å². The van der Waals surface area contributed by atoms with Crippen molar-refractivity contribution < 1.29 is 14.2 Å². The van der Waals surface area contributed by atoms with Crippen molar-refractivity contribution in [3.05, 3.63) is 23.8 Å². The van der Waals surface area contributed by atoms with E-state index in [0.29, 0.717) is 13.2 Å². The first-order valence-corrected chi connectivity index (χ1v) is 7.00. The fraction of sp³-hybridized carbons (Fsp3) is 0.625. The average Bonchev–Trinajstić information content (AvgIpc) is 2.41. The maximum absolute atomic E-state index is 5.65. The molecule has 0 saturated carbocycles. The number of hydrogen-bond donors (Lipinski definition) is 1. The lowest BCUT2D eigenvalue weighted by Gasteiger charge is -2.20. The fourth-order valence-corrected chi connectivity index (χ4v) is 1.86. The van der Waals surface area contributed by atoms with E-state index in [4.69, 9.17) is 14.2 Å². The van der Waals surface area contributed by atoms with E-state index < -0.39 is 0 Å². The standard InChI is InChI=1S/C16H27NO3/c1-16(2,3)17-9-11-20-10-8-13-12-14(18-4)6-7-15(13)19-5/h6-7,12,17H,8-11H2,1-5H3. The molecule has 1 rings (SSSR count). The summed E-state index contributed by atoms with van der Waals surface area (Å²) in [5.41, 5.74) is 1.25. The highest BCUT2D eigenvalue weighted by atomic mass is 16.5. The van der Waals surface area contributed by atoms with Crippen molar-refractivity contribution in [2.75, 3.05) is 34.0 Å². The Kier molecular flexibility index (Phi) is 6.82. The Bertz CT molecular complexity index is 399. The van der Waals surface area contributed by atoms with Crippen LogP contribution in [0.15, 0.2) is 18.2 Å². The van der Waals surface area contributed by atoms with Crippen molar-refractivity contribution in [2.24, 2.45) is 0 Å². The molecule has 114 valence electrons. The molecule has 0 aliphatic rings. The van der Waals surface area contributed by atoms with E-state index in [0.717, 1.165) is 30.0 Å². The van der Waals surface area contributed by atoms with E-state index in [9.17, 15) is 0 Å². The summed E-state index contributed by atoms with van der Waals surface area (Å²) in [6, 6.07) is 5.82. The largest absolute Gasteiger partial charge is 0.497 e. The second kappa shape index (κ2) is 8.12. The zero-order chi connectivity index (χ0) is 15.0. The number of methoxy groups -OCH3 is 2. The summed E-state index contributed by atoms with van der Waals surface area (Å²) < 4.78 is 16.2. The van der Waals surface area contributed by atoms with Crippen molar-refractivity contribution >= 4 is 0 Å². The topological polar surface area (TPSA) is 39.7 Å². The van der Waals surface area contributed by atoms with Gasteiger partial charge in [-0.2, -0.15) is 0 Å². The molecule has 4 heteroatoms. The molecule has 0 bridgehead atoms. The Balaban J connectivity index is 2.34. The van der Waals surface area contributed by atoms with E-state index in [1.165, 1.54) is 0 Å². The molecule has 0 saturated heterocycles. The molecule has 0 amide bonds. The van der Waals surface area contributed by atoms with Gasteiger partial charge in [-0.05, 0) is 45.4 Å². The van der Waals surface area contributed by atoms with E-state index in [1.54, 1.807) is 14.2 Å². The first-order valence-electron chi connectivity index (χ1n) is 7.00. The lowest BCUT2D eigenvalue weighted by atomic mass is 10.1. The van der Waals surface area contributed by atoms with Gasteiger partial charge in [-0.1, -0.05) is 0 Å². The Morgan fingerprint density at radius 2 is 1.80 bits per heavy atom. The predicted molar refractivity (Wildman–Crippen MR) is 81.8 cm³/mol. The molecule has 0 heterocycles. The van der Waals surface area contributed by atoms with Crippen LogP contribution in [0.2, 0.25) is 0 Å². The van der Waals surface area contributed by atoms with Crippen LogP contribution >= 0.6 is 0 Å². The Labute approximate surface area is 122 Å². The summed E-state index contributed by atoms with van der Waals surface area (Å²) in [5.74, 6) is 1.72. The van der Waals surface area contributed by atoms with Gasteiger partial charge in [0, 0.05) is 17.6 Å². The molecule has 0 unspecified atom stereocenters. The summed E-state index contributed by atoms with van der Waals surface area (Å²) in [6.07, 6.45) is 0.815. The van der Waals surface area contributed by atoms with Gasteiger partial charge in [0.25, 0.3) is 0 Å². The fourth-order valence-electron chi connectivity index (χ4n) is 1.86. The molecule has 0 radical (unpaired) electrons. The van der Waals surface area contributed by atoms with Crippen molar-refractivity contribution in [3.8, 4) is 11.5 Å². The lowest BCUT2D eigenvalue weighted by molar-refractivity contribution is 0.133. The summed E-state index contributed by atoms with van der Waals surface area (Å²) in [5, 5.41) is 3.39. The third-order valence-corrected chi connectivity index (χ3v) is 2.91. The predicted octanol–water partition coefficient (Wildman–Crippen LogP) is 2.65. The number of benzene rings is 1. The van der Waals surface area contributed by atoms with Crippen LogP contribution in [-0.4, -0.2) is 39.5 Å². The molecule has 0 atom stereocenters. The Morgan fingerprint density at radius 1 is 1.05 bits per heavy atom. The Morgan fingerprint density at radius 3 is 2.40 bits per heavy atom. The summed E-state index contributed by atoms with van der Waals surface area (Å²) in [4.78, 5) is 0. The average molecular weight is 281 g/mol. The van der Waals surface area contributed by atoms with Crippen molar-refractivity contribution in [3.63, 3.8) is 0 Å². The third kappa shape index (κ3) is 6.26. The monoisotopic (exact) mass is 281 g/mol. The van der Waals surface area contributed by atoms with Gasteiger partial charge in [0.1, 0.15) is 11.5 Å². The van der Waals surface area contributed by atoms with Crippen molar-refractivity contribution in [1.82, 2.24) is 5.32 Å². The highest BCUT2D eigenvalue weighted by Crippen LogP contribution is 2.24. The van der Waals surface area contributed by atoms with Crippen molar-refractivity contribution in [1.29, 1.82) is 0 Å². The number of rotatable bonds is 8. The van der Waals surface area contributed by atoms with Crippen LogP contribution in [0.1, 0.15) is 26.3 Å². The van der Waals surface area contributed by atoms with Crippen LogP contribution in [0.3, 0.4) is 0 Å². The van der Waals surface area contributed by atoms with Gasteiger partial charge in [-0.3, -0.25) is 0 Å². The summed E-state index contributed by atoms with van der Waals surface area (Å²) in [7, 11) is 3.35. The van der Waals surface area contributed by atoms with Gasteiger partial charge < -0.3 is 19.5 Å². The van der Waals surface area contributed by atoms with Crippen LogP contribution in [0.4, 0.5) is 0 Å². The molecule has 0 spiro atoms. The first-order chi connectivity index (χ1) is 9.46. The van der Waals surface area contributed by atoms with Gasteiger partial charge in [0.15, 0.2) is 0 Å². The zero-order valence-electron chi connectivity index (χ0n) is 13.3. The maximum atomic E-state index is 5.65. The van der Waals surface area contributed by atoms with Crippen LogP contribution in [0.5, 0.6) is 11.5 Å². The highest BCUT2D eigenvalue weighted by molar-refractivity contribution is 5.40. The quantitative estimate of drug-likeness (QED) is 0.744. The Hall–Kier alpha value is -1.26. The lowest BCUT2D eigenvalue weighted by Crippen LogP contribution is -2.38. The van der Waals surface area contributed by atoms with E-state index in [-0.39, 0.29) is 5.54 Å². The zero-order valence-corrected chi connectivity index (χ0v) is 13.3. The maximum Gasteiger partial charge on any atom is 0.122 e. The molecule has 4 nitrogen and oxygen atoms in total. The molecule has 1 aromatic carbocycles. The van der Waals surface area contributed by atoms with Gasteiger partial charge in [0.2, 0.25) is 0 Å². The molecule has 0 aromatic heterocycles. The molecule has 20 heavy (non-hydrogen) atoms. The number of ether oxygens (including phenoxy) is 3. The summed E-state index contributed by atoms with van der Waals surface area (Å²) in [6.45, 7) is 8.69. The molecule has 0 aliphatic carbocycles. The van der Waals surface area contributed by atoms with E-state index >= 15 is 0 Å². The molecule has 0 aliphatic heterocycles. The number of nitrogens with one attached hydrogen (secondary N) is 1. The normalized spacial score (nSPS) is 11.4. The SMILES string of the molecule is COc1ccc(OC)c(CCOCCNC(C)(C)C)c1. The van der Waals surface area contributed by atoms with Crippen LogP contribution in [0, 0.1) is 0 Å². The molecule has 1 N–H and O–H groups in total. The molecular weight excluding hydrogens is 254 g/mol. The van der Waals surface area contributed by atoms with E-state index in [2.05, 4.69) is 26.1 Å². The first kappa shape index (κ1) is 16.8. The van der Waals surface area contributed by atoms with Crippen LogP contribution in [0.25, 0.3) is 0 Å². The minimum Gasteiger partial charge on any atom is -0.497 e. The number of hydrogen-bond acceptors (Lipinski definition) is 4. The van der Waals surface area contributed by atoms with Gasteiger partial charge in [0.05, 0.1) is 27.4 Å². The minimum absolute atomic E-state index is 0.138. The van der Waals surface area contributed by atoms with Gasteiger partial charge in [-0.15, -0.1) is 0 Å². The summed E-state index contributed by atoms with van der Waals surface area (Å²) >= 11 is 0. The third-order valence-electron chi connectivity index (χ3n) is 2.91. The second-order valence-corrected chi connectivity index (χ2v) is 5.72. The van der Waals surface area contributed by atoms with Crippen molar-refractivity contribution in [2.45, 2.75) is 32.7 Å². The van der Waals surface area contributed by atoms with E-state index in [1.807, 2.05) is 18.2 Å². The van der Waals surface area contributed by atoms with Crippen LogP contribution < -0.4 is 14.8 Å². The smallest absolute Gasteiger partial charge is 0.122 e. The molecule has 1 aromatic rings. The minimum atomic E-state index is 0.138. The second-order valence-electron chi connectivity index (χ2n) is 5.72.